The van der Waals surface area contributed by atoms with Gasteiger partial charge < -0.3 is 4.42 Å². The smallest absolute Gasteiger partial charge is 0.307 e. The summed E-state index contributed by atoms with van der Waals surface area (Å²) in [4.78, 5) is 14.0. The minimum absolute atomic E-state index is 0.270. The summed E-state index contributed by atoms with van der Waals surface area (Å²) in [6, 6.07) is 7.39. The van der Waals surface area contributed by atoms with Gasteiger partial charge in [0.1, 0.15) is 5.76 Å². The van der Waals surface area contributed by atoms with Gasteiger partial charge in [-0.3, -0.25) is 4.79 Å². The van der Waals surface area contributed by atoms with Crippen molar-refractivity contribution in [1.82, 2.24) is 5.43 Å². The molecule has 0 fully saturated rings. The maximum atomic E-state index is 11.7. The Balaban J connectivity index is 2.04. The Bertz CT molecular complexity index is 596. The molecule has 0 saturated heterocycles. The Morgan fingerprint density at radius 3 is 2.61 bits per heavy atom. The lowest BCUT2D eigenvalue weighted by Gasteiger charge is -1.98. The van der Waals surface area contributed by atoms with Crippen LogP contribution in [0.3, 0.4) is 0 Å². The van der Waals surface area contributed by atoms with Crippen LogP contribution in [0.2, 0.25) is 0 Å². The molecule has 94 valence electrons. The molecule has 0 aliphatic carbocycles. The van der Waals surface area contributed by atoms with Crippen LogP contribution >= 0.6 is 11.3 Å². The van der Waals surface area contributed by atoms with E-state index in [0.717, 1.165) is 10.6 Å². The number of carbonyl (C=O) groups is 1. The molecule has 0 aliphatic rings. The average molecular weight is 262 g/mol. The third kappa shape index (κ3) is 2.87. The van der Waals surface area contributed by atoms with Crippen molar-refractivity contribution in [2.45, 2.75) is 20.8 Å². The first-order valence-corrected chi connectivity index (χ1v) is 6.36. The van der Waals surface area contributed by atoms with Gasteiger partial charge in [-0.05, 0) is 45.0 Å². The molecular formula is C13H14N2O2S. The monoisotopic (exact) mass is 262 g/mol. The summed E-state index contributed by atoms with van der Waals surface area (Å²) >= 11 is 1.64. The van der Waals surface area contributed by atoms with Gasteiger partial charge in [-0.25, -0.2) is 5.43 Å². The Kier molecular flexibility index (Phi) is 3.62. The highest BCUT2D eigenvalue weighted by atomic mass is 32.1. The van der Waals surface area contributed by atoms with Crippen LogP contribution < -0.4 is 5.43 Å². The third-order valence-electron chi connectivity index (χ3n) is 2.39. The maximum absolute atomic E-state index is 11.7. The summed E-state index contributed by atoms with van der Waals surface area (Å²) in [6.45, 7) is 5.68. The standard InChI is InChI=1S/C13H14N2O2S/c1-8-4-6-11(17-8)13(16)15-14-10(3)12-7-5-9(2)18-12/h4-7H,1-3H3,(H,15,16)/b14-10-. The Hall–Kier alpha value is -1.88. The highest BCUT2D eigenvalue weighted by Crippen LogP contribution is 2.15. The molecular weight excluding hydrogens is 248 g/mol. The fourth-order valence-electron chi connectivity index (χ4n) is 1.43. The highest BCUT2D eigenvalue weighted by molar-refractivity contribution is 7.14. The van der Waals surface area contributed by atoms with Crippen LogP contribution in [0.25, 0.3) is 0 Å². The number of nitrogens with zero attached hydrogens (tertiary/aromatic N) is 1. The number of thiophene rings is 1. The van der Waals surface area contributed by atoms with Gasteiger partial charge in [0.2, 0.25) is 0 Å². The molecule has 0 aliphatic heterocycles. The summed E-state index contributed by atoms with van der Waals surface area (Å²) in [5.74, 6) is 0.636. The summed E-state index contributed by atoms with van der Waals surface area (Å²) in [5, 5.41) is 4.06. The first-order valence-electron chi connectivity index (χ1n) is 5.54. The summed E-state index contributed by atoms with van der Waals surface area (Å²) in [6.07, 6.45) is 0. The van der Waals surface area contributed by atoms with Crippen molar-refractivity contribution in [3.8, 4) is 0 Å². The van der Waals surface area contributed by atoms with Crippen molar-refractivity contribution in [3.05, 3.63) is 45.5 Å². The van der Waals surface area contributed by atoms with Crippen LogP contribution in [0.1, 0.15) is 33.0 Å². The van der Waals surface area contributed by atoms with Gasteiger partial charge in [0, 0.05) is 4.88 Å². The average Bonchev–Trinajstić information content (AvgIpc) is 2.94. The van der Waals surface area contributed by atoms with Gasteiger partial charge in [0.05, 0.1) is 10.6 Å². The van der Waals surface area contributed by atoms with E-state index >= 15 is 0 Å². The van der Waals surface area contributed by atoms with Crippen LogP contribution in [-0.4, -0.2) is 11.6 Å². The minimum atomic E-state index is -0.337. The van der Waals surface area contributed by atoms with E-state index in [2.05, 4.69) is 10.5 Å². The SMILES string of the molecule is C/C(=N/NC(=O)c1ccc(C)o1)c1ccc(C)s1. The molecule has 1 amide bonds. The molecule has 18 heavy (non-hydrogen) atoms. The quantitative estimate of drug-likeness (QED) is 0.682. The zero-order chi connectivity index (χ0) is 13.1. The maximum Gasteiger partial charge on any atom is 0.307 e. The van der Waals surface area contributed by atoms with E-state index in [1.807, 2.05) is 26.0 Å². The van der Waals surface area contributed by atoms with E-state index < -0.39 is 0 Å². The molecule has 5 heteroatoms. The molecule has 0 aromatic carbocycles. The highest BCUT2D eigenvalue weighted by Gasteiger charge is 2.09. The molecule has 1 N–H and O–H groups in total. The van der Waals surface area contributed by atoms with Gasteiger partial charge in [-0.15, -0.1) is 11.3 Å². The van der Waals surface area contributed by atoms with Gasteiger partial charge in [-0.1, -0.05) is 0 Å². The van der Waals surface area contributed by atoms with E-state index in [9.17, 15) is 4.79 Å². The lowest BCUT2D eigenvalue weighted by molar-refractivity contribution is 0.0926. The molecule has 0 spiro atoms. The zero-order valence-corrected chi connectivity index (χ0v) is 11.3. The van der Waals surface area contributed by atoms with E-state index in [1.54, 1.807) is 30.4 Å². The Morgan fingerprint density at radius 2 is 2.06 bits per heavy atom. The molecule has 2 heterocycles. The number of hydrazone groups is 1. The van der Waals surface area contributed by atoms with Crippen LogP contribution in [0.15, 0.2) is 33.8 Å². The predicted molar refractivity (Wildman–Crippen MR) is 72.2 cm³/mol. The second-order valence-corrected chi connectivity index (χ2v) is 5.25. The second kappa shape index (κ2) is 5.18. The first-order chi connectivity index (χ1) is 8.56. The Morgan fingerprint density at radius 1 is 1.28 bits per heavy atom. The number of amides is 1. The third-order valence-corrected chi connectivity index (χ3v) is 3.50. The van der Waals surface area contributed by atoms with Crippen molar-refractivity contribution >= 4 is 23.0 Å². The Labute approximate surface area is 109 Å². The normalized spacial score (nSPS) is 11.6. The molecule has 2 rings (SSSR count). The largest absolute Gasteiger partial charge is 0.456 e. The summed E-state index contributed by atoms with van der Waals surface area (Å²) in [5.41, 5.74) is 3.26. The van der Waals surface area contributed by atoms with E-state index in [0.29, 0.717) is 5.76 Å². The summed E-state index contributed by atoms with van der Waals surface area (Å²) in [7, 11) is 0. The van der Waals surface area contributed by atoms with Crippen molar-refractivity contribution in [1.29, 1.82) is 0 Å². The van der Waals surface area contributed by atoms with E-state index in [4.69, 9.17) is 4.42 Å². The molecule has 0 atom stereocenters. The number of hydrogen-bond donors (Lipinski definition) is 1. The van der Waals surface area contributed by atoms with Crippen LogP contribution in [0, 0.1) is 13.8 Å². The van der Waals surface area contributed by atoms with Gasteiger partial charge in [0.15, 0.2) is 5.76 Å². The lowest BCUT2D eigenvalue weighted by atomic mass is 10.3. The van der Waals surface area contributed by atoms with Gasteiger partial charge >= 0.3 is 5.91 Å². The number of aryl methyl sites for hydroxylation is 2. The first kappa shape index (κ1) is 12.6. The molecule has 0 unspecified atom stereocenters. The molecule has 0 saturated carbocycles. The molecule has 2 aromatic heterocycles. The predicted octanol–water partition coefficient (Wildman–Crippen LogP) is 3.11. The van der Waals surface area contributed by atoms with Gasteiger partial charge in [0.25, 0.3) is 0 Å². The molecule has 0 radical (unpaired) electrons. The van der Waals surface area contributed by atoms with Crippen LogP contribution in [0.4, 0.5) is 0 Å². The fraction of sp³-hybridized carbons (Fsp3) is 0.231. The lowest BCUT2D eigenvalue weighted by Crippen LogP contribution is -2.18. The van der Waals surface area contributed by atoms with Gasteiger partial charge in [-0.2, -0.15) is 5.10 Å². The summed E-state index contributed by atoms with van der Waals surface area (Å²) < 4.78 is 5.21. The topological polar surface area (TPSA) is 54.6 Å². The van der Waals surface area contributed by atoms with Crippen molar-refractivity contribution < 1.29 is 9.21 Å². The van der Waals surface area contributed by atoms with Crippen molar-refractivity contribution in [3.63, 3.8) is 0 Å². The van der Waals surface area contributed by atoms with E-state index in [-0.39, 0.29) is 11.7 Å². The molecule has 4 nitrogen and oxygen atoms in total. The molecule has 0 bridgehead atoms. The fourth-order valence-corrected chi connectivity index (χ4v) is 2.24. The minimum Gasteiger partial charge on any atom is -0.456 e. The number of carbonyl (C=O) groups excluding carboxylic acids is 1. The van der Waals surface area contributed by atoms with E-state index in [1.165, 1.54) is 4.88 Å². The number of furan rings is 1. The molecule has 2 aromatic rings. The second-order valence-electron chi connectivity index (χ2n) is 3.96. The van der Waals surface area contributed by atoms with Crippen LogP contribution in [0.5, 0.6) is 0 Å². The van der Waals surface area contributed by atoms with Crippen molar-refractivity contribution in [2.24, 2.45) is 5.10 Å². The van der Waals surface area contributed by atoms with Crippen molar-refractivity contribution in [2.75, 3.05) is 0 Å². The number of rotatable bonds is 3. The zero-order valence-electron chi connectivity index (χ0n) is 10.5. The van der Waals surface area contributed by atoms with Crippen LogP contribution in [-0.2, 0) is 0 Å². The number of hydrogen-bond acceptors (Lipinski definition) is 4. The number of nitrogens with one attached hydrogen (secondary N) is 1.